The van der Waals surface area contributed by atoms with Crippen LogP contribution in [0.15, 0.2) is 24.3 Å². The van der Waals surface area contributed by atoms with Crippen LogP contribution >= 0.6 is 0 Å². The van der Waals surface area contributed by atoms with E-state index < -0.39 is 0 Å². The summed E-state index contributed by atoms with van der Waals surface area (Å²) in [7, 11) is 0. The van der Waals surface area contributed by atoms with E-state index in [1.54, 1.807) is 0 Å². The maximum Gasteiger partial charge on any atom is 0.223 e. The minimum Gasteiger partial charge on any atom is -0.352 e. The average Bonchev–Trinajstić information content (AvgIpc) is 3.29. The molecule has 0 radical (unpaired) electrons. The van der Waals surface area contributed by atoms with Gasteiger partial charge in [-0.15, -0.1) is 0 Å². The van der Waals surface area contributed by atoms with E-state index in [0.717, 1.165) is 31.2 Å². The van der Waals surface area contributed by atoms with Crippen LogP contribution in [-0.2, 0) is 17.9 Å². The Hall–Kier alpha value is -1.35. The number of likely N-dealkylation sites (tertiary alicyclic amines) is 1. The van der Waals surface area contributed by atoms with Gasteiger partial charge in [-0.25, -0.2) is 0 Å². The second-order valence-corrected chi connectivity index (χ2v) is 7.40. The summed E-state index contributed by atoms with van der Waals surface area (Å²) in [5, 5.41) is 3.10. The van der Waals surface area contributed by atoms with E-state index in [9.17, 15) is 4.79 Å². The molecule has 0 spiro atoms. The van der Waals surface area contributed by atoms with Crippen molar-refractivity contribution < 1.29 is 4.79 Å². The maximum atomic E-state index is 11.8. The first-order valence-electron chi connectivity index (χ1n) is 8.68. The van der Waals surface area contributed by atoms with Crippen LogP contribution in [-0.4, -0.2) is 23.9 Å². The molecule has 1 N–H and O–H groups in total. The van der Waals surface area contributed by atoms with E-state index in [0.29, 0.717) is 6.54 Å². The standard InChI is InChI=1S/C19H28N2O/c1-14-9-15(2)12-21(11-14)13-18-6-4-3-5-17(18)10-20-19(22)16-7-8-16/h3-6,14-16H,7-13H2,1-2H3,(H,20,22). The number of nitrogens with one attached hydrogen (secondary N) is 1. The average molecular weight is 300 g/mol. The van der Waals surface area contributed by atoms with Crippen molar-refractivity contribution in [2.24, 2.45) is 17.8 Å². The third kappa shape index (κ3) is 4.10. The molecule has 1 heterocycles. The van der Waals surface area contributed by atoms with Crippen LogP contribution < -0.4 is 5.32 Å². The third-order valence-corrected chi connectivity index (χ3v) is 4.86. The molecule has 1 aliphatic carbocycles. The Labute approximate surface area is 134 Å². The summed E-state index contributed by atoms with van der Waals surface area (Å²) in [5.74, 6) is 2.09. The lowest BCUT2D eigenvalue weighted by molar-refractivity contribution is -0.122. The molecule has 0 bridgehead atoms. The van der Waals surface area contributed by atoms with Gasteiger partial charge in [-0.05, 0) is 42.2 Å². The monoisotopic (exact) mass is 300 g/mol. The van der Waals surface area contributed by atoms with Crippen molar-refractivity contribution >= 4 is 5.91 Å². The molecule has 2 fully saturated rings. The predicted molar refractivity (Wildman–Crippen MR) is 89.2 cm³/mol. The first-order valence-corrected chi connectivity index (χ1v) is 8.68. The summed E-state index contributed by atoms with van der Waals surface area (Å²) in [6, 6.07) is 8.55. The highest BCUT2D eigenvalue weighted by Gasteiger charge is 2.29. The molecular formula is C19H28N2O. The van der Waals surface area contributed by atoms with E-state index in [1.807, 2.05) is 0 Å². The van der Waals surface area contributed by atoms with Crippen LogP contribution in [0.4, 0.5) is 0 Å². The van der Waals surface area contributed by atoms with Gasteiger partial charge in [0.25, 0.3) is 0 Å². The second kappa shape index (κ2) is 6.82. The van der Waals surface area contributed by atoms with Gasteiger partial charge in [-0.1, -0.05) is 38.1 Å². The Morgan fingerprint density at radius 1 is 1.14 bits per heavy atom. The minimum absolute atomic E-state index is 0.232. The van der Waals surface area contributed by atoms with Crippen molar-refractivity contribution in [1.82, 2.24) is 10.2 Å². The number of hydrogen-bond donors (Lipinski definition) is 1. The third-order valence-electron chi connectivity index (χ3n) is 4.86. The summed E-state index contributed by atoms with van der Waals surface area (Å²) in [4.78, 5) is 14.4. The molecule has 1 aliphatic heterocycles. The summed E-state index contributed by atoms with van der Waals surface area (Å²) in [5.41, 5.74) is 2.63. The Morgan fingerprint density at radius 2 is 1.77 bits per heavy atom. The Kier molecular flexibility index (Phi) is 4.82. The van der Waals surface area contributed by atoms with Gasteiger partial charge in [0, 0.05) is 32.1 Å². The zero-order chi connectivity index (χ0) is 15.5. The van der Waals surface area contributed by atoms with Crippen molar-refractivity contribution in [3.63, 3.8) is 0 Å². The number of carbonyl (C=O) groups excluding carboxylic acids is 1. The fourth-order valence-corrected chi connectivity index (χ4v) is 3.72. The van der Waals surface area contributed by atoms with Crippen LogP contribution in [0.25, 0.3) is 0 Å². The molecule has 1 saturated heterocycles. The SMILES string of the molecule is CC1CC(C)CN(Cc2ccccc2CNC(=O)C2CC2)C1. The van der Waals surface area contributed by atoms with Crippen molar-refractivity contribution in [2.45, 2.75) is 46.2 Å². The largest absolute Gasteiger partial charge is 0.352 e. The number of amides is 1. The van der Waals surface area contributed by atoms with E-state index in [1.165, 1.54) is 30.6 Å². The fraction of sp³-hybridized carbons (Fsp3) is 0.632. The van der Waals surface area contributed by atoms with Crippen molar-refractivity contribution in [2.75, 3.05) is 13.1 Å². The van der Waals surface area contributed by atoms with Gasteiger partial charge in [0.2, 0.25) is 5.91 Å². The summed E-state index contributed by atoms with van der Waals surface area (Å²) >= 11 is 0. The molecule has 3 rings (SSSR count). The Balaban J connectivity index is 1.61. The predicted octanol–water partition coefficient (Wildman–Crippen LogP) is 3.19. The zero-order valence-corrected chi connectivity index (χ0v) is 13.8. The first kappa shape index (κ1) is 15.5. The van der Waals surface area contributed by atoms with Gasteiger partial charge in [0.15, 0.2) is 0 Å². The van der Waals surface area contributed by atoms with Gasteiger partial charge in [-0.2, -0.15) is 0 Å². The Morgan fingerprint density at radius 3 is 2.41 bits per heavy atom. The molecule has 1 aromatic rings. The van der Waals surface area contributed by atoms with Crippen LogP contribution in [0.1, 0.15) is 44.2 Å². The fourth-order valence-electron chi connectivity index (χ4n) is 3.72. The molecule has 1 aromatic carbocycles. The summed E-state index contributed by atoms with van der Waals surface area (Å²) in [6.45, 7) is 8.75. The van der Waals surface area contributed by atoms with Crippen molar-refractivity contribution in [1.29, 1.82) is 0 Å². The lowest BCUT2D eigenvalue weighted by Crippen LogP contribution is -2.38. The quantitative estimate of drug-likeness (QED) is 0.906. The minimum atomic E-state index is 0.232. The topological polar surface area (TPSA) is 32.3 Å². The smallest absolute Gasteiger partial charge is 0.223 e. The van der Waals surface area contributed by atoms with Crippen LogP contribution in [0.2, 0.25) is 0 Å². The lowest BCUT2D eigenvalue weighted by Gasteiger charge is -2.35. The van der Waals surface area contributed by atoms with Gasteiger partial charge < -0.3 is 5.32 Å². The molecule has 22 heavy (non-hydrogen) atoms. The normalized spacial score (nSPS) is 25.9. The highest BCUT2D eigenvalue weighted by Crippen LogP contribution is 2.29. The molecule has 3 nitrogen and oxygen atoms in total. The van der Waals surface area contributed by atoms with Crippen LogP contribution in [0.5, 0.6) is 0 Å². The van der Waals surface area contributed by atoms with Crippen LogP contribution in [0, 0.1) is 17.8 Å². The molecule has 3 heteroatoms. The highest BCUT2D eigenvalue weighted by molar-refractivity contribution is 5.80. The summed E-state index contributed by atoms with van der Waals surface area (Å²) in [6.07, 6.45) is 3.48. The lowest BCUT2D eigenvalue weighted by atomic mass is 9.91. The molecule has 1 amide bonds. The van der Waals surface area contributed by atoms with E-state index in [-0.39, 0.29) is 11.8 Å². The number of benzene rings is 1. The first-order chi connectivity index (χ1) is 10.6. The number of rotatable bonds is 5. The molecule has 2 atom stereocenters. The number of nitrogens with zero attached hydrogens (tertiary/aromatic N) is 1. The van der Waals surface area contributed by atoms with Crippen molar-refractivity contribution in [3.05, 3.63) is 35.4 Å². The summed E-state index contributed by atoms with van der Waals surface area (Å²) < 4.78 is 0. The zero-order valence-electron chi connectivity index (χ0n) is 13.8. The van der Waals surface area contributed by atoms with Gasteiger partial charge in [0.1, 0.15) is 0 Å². The highest BCUT2D eigenvalue weighted by atomic mass is 16.2. The van der Waals surface area contributed by atoms with E-state index in [4.69, 9.17) is 0 Å². The number of piperidine rings is 1. The number of hydrogen-bond acceptors (Lipinski definition) is 2. The van der Waals surface area contributed by atoms with E-state index >= 15 is 0 Å². The molecule has 2 aliphatic rings. The van der Waals surface area contributed by atoms with Gasteiger partial charge in [-0.3, -0.25) is 9.69 Å². The maximum absolute atomic E-state index is 11.8. The molecule has 0 aromatic heterocycles. The van der Waals surface area contributed by atoms with Crippen molar-refractivity contribution in [3.8, 4) is 0 Å². The Bertz CT molecular complexity index is 514. The van der Waals surface area contributed by atoms with Gasteiger partial charge in [0.05, 0.1) is 0 Å². The molecular weight excluding hydrogens is 272 g/mol. The number of carbonyl (C=O) groups is 1. The van der Waals surface area contributed by atoms with Gasteiger partial charge >= 0.3 is 0 Å². The van der Waals surface area contributed by atoms with Crippen LogP contribution in [0.3, 0.4) is 0 Å². The second-order valence-electron chi connectivity index (χ2n) is 7.40. The molecule has 1 saturated carbocycles. The molecule has 2 unspecified atom stereocenters. The molecule has 120 valence electrons. The van der Waals surface area contributed by atoms with E-state index in [2.05, 4.69) is 48.3 Å².